The minimum atomic E-state index is -0.326. The Morgan fingerprint density at radius 1 is 1.07 bits per heavy atom. The van der Waals surface area contributed by atoms with E-state index in [0.29, 0.717) is 22.1 Å². The minimum Gasteiger partial charge on any atom is -0.341 e. The van der Waals surface area contributed by atoms with Crippen molar-refractivity contribution in [2.75, 3.05) is 17.7 Å². The average Bonchev–Trinajstić information content (AvgIpc) is 3.10. The summed E-state index contributed by atoms with van der Waals surface area (Å²) in [6, 6.07) is 14.1. The highest BCUT2D eigenvalue weighted by atomic mass is 35.5. The first-order chi connectivity index (χ1) is 13.0. The third-order valence-electron chi connectivity index (χ3n) is 3.63. The van der Waals surface area contributed by atoms with E-state index in [4.69, 9.17) is 11.6 Å². The third-order valence-corrected chi connectivity index (χ3v) is 4.88. The van der Waals surface area contributed by atoms with Crippen LogP contribution in [0.25, 0.3) is 10.6 Å². The smallest absolute Gasteiger partial charge is 0.318 e. The first-order valence-corrected chi connectivity index (χ1v) is 9.39. The molecule has 0 spiro atoms. The zero-order valence-corrected chi connectivity index (χ0v) is 16.0. The number of nitrogens with zero attached hydrogens (tertiary/aromatic N) is 1. The number of anilines is 2. The monoisotopic (exact) mass is 400 g/mol. The summed E-state index contributed by atoms with van der Waals surface area (Å²) in [5.74, 6) is -0.192. The summed E-state index contributed by atoms with van der Waals surface area (Å²) >= 11 is 7.64. The number of rotatable bonds is 5. The molecule has 1 aromatic heterocycles. The molecule has 0 aliphatic heterocycles. The Hall–Kier alpha value is -2.90. The second kappa shape index (κ2) is 8.66. The molecule has 0 aliphatic carbocycles. The van der Waals surface area contributed by atoms with Gasteiger partial charge in [-0.15, -0.1) is 11.3 Å². The van der Waals surface area contributed by atoms with E-state index in [0.717, 1.165) is 10.6 Å². The summed E-state index contributed by atoms with van der Waals surface area (Å²) < 4.78 is 0. The van der Waals surface area contributed by atoms with Crippen LogP contribution >= 0.6 is 22.9 Å². The van der Waals surface area contributed by atoms with Crippen molar-refractivity contribution >= 4 is 46.3 Å². The van der Waals surface area contributed by atoms with Gasteiger partial charge in [-0.2, -0.15) is 0 Å². The van der Waals surface area contributed by atoms with Crippen LogP contribution < -0.4 is 16.0 Å². The van der Waals surface area contributed by atoms with Gasteiger partial charge in [0.15, 0.2) is 0 Å². The molecular formula is C19H17ClN4O2S. The summed E-state index contributed by atoms with van der Waals surface area (Å²) in [5.41, 5.74) is 2.70. The zero-order valence-electron chi connectivity index (χ0n) is 14.5. The van der Waals surface area contributed by atoms with E-state index in [1.165, 1.54) is 18.4 Å². The highest BCUT2D eigenvalue weighted by Gasteiger charge is 2.11. The van der Waals surface area contributed by atoms with Crippen molar-refractivity contribution in [1.29, 1.82) is 0 Å². The number of carbonyl (C=O) groups excluding carboxylic acids is 2. The van der Waals surface area contributed by atoms with Crippen LogP contribution in [0.5, 0.6) is 0 Å². The number of amides is 3. The maximum Gasteiger partial charge on any atom is 0.318 e. The molecule has 1 heterocycles. The Bertz CT molecular complexity index is 974. The van der Waals surface area contributed by atoms with Crippen LogP contribution in [0.3, 0.4) is 0 Å². The van der Waals surface area contributed by atoms with Crippen LogP contribution in [0, 0.1) is 0 Å². The van der Waals surface area contributed by atoms with Gasteiger partial charge in [-0.05, 0) is 24.3 Å². The Morgan fingerprint density at radius 2 is 1.81 bits per heavy atom. The number of hydrogen-bond donors (Lipinski definition) is 3. The van der Waals surface area contributed by atoms with Gasteiger partial charge in [0.05, 0.1) is 17.1 Å². The molecule has 0 bridgehead atoms. The molecule has 138 valence electrons. The summed E-state index contributed by atoms with van der Waals surface area (Å²) in [6.07, 6.45) is 0.147. The average molecular weight is 401 g/mol. The van der Waals surface area contributed by atoms with Gasteiger partial charge < -0.3 is 16.0 Å². The van der Waals surface area contributed by atoms with Gasteiger partial charge in [0.25, 0.3) is 0 Å². The van der Waals surface area contributed by atoms with E-state index >= 15 is 0 Å². The molecule has 3 amide bonds. The number of carbonyl (C=O) groups is 2. The Balaban J connectivity index is 1.64. The van der Waals surface area contributed by atoms with E-state index < -0.39 is 0 Å². The van der Waals surface area contributed by atoms with Crippen molar-refractivity contribution < 1.29 is 9.59 Å². The third kappa shape index (κ3) is 5.06. The Labute approximate surface area is 165 Å². The predicted octanol–water partition coefficient (Wildman–Crippen LogP) is 4.40. The Kier molecular flexibility index (Phi) is 6.05. The maximum atomic E-state index is 12.3. The molecule has 8 heteroatoms. The fraction of sp³-hybridized carbons (Fsp3) is 0.105. The molecule has 0 fully saturated rings. The summed E-state index contributed by atoms with van der Waals surface area (Å²) in [5, 5.41) is 11.2. The molecule has 0 saturated carbocycles. The molecule has 27 heavy (non-hydrogen) atoms. The fourth-order valence-corrected chi connectivity index (χ4v) is 3.52. The van der Waals surface area contributed by atoms with Gasteiger partial charge in [0.2, 0.25) is 5.91 Å². The summed E-state index contributed by atoms with van der Waals surface area (Å²) in [6.45, 7) is 0. The summed E-state index contributed by atoms with van der Waals surface area (Å²) in [4.78, 5) is 28.2. The summed E-state index contributed by atoms with van der Waals surface area (Å²) in [7, 11) is 1.53. The molecule has 0 aliphatic rings. The zero-order chi connectivity index (χ0) is 19.2. The quantitative estimate of drug-likeness (QED) is 0.593. The van der Waals surface area contributed by atoms with Gasteiger partial charge in [-0.3, -0.25) is 4.79 Å². The molecule has 0 saturated heterocycles. The van der Waals surface area contributed by atoms with Crippen LogP contribution in [-0.2, 0) is 11.2 Å². The lowest BCUT2D eigenvalue weighted by atomic mass is 10.2. The number of urea groups is 1. The largest absolute Gasteiger partial charge is 0.341 e. The van der Waals surface area contributed by atoms with Crippen LogP contribution in [0.1, 0.15) is 5.69 Å². The van der Waals surface area contributed by atoms with Crippen molar-refractivity contribution in [3.05, 3.63) is 64.6 Å². The minimum absolute atomic E-state index is 0.147. The van der Waals surface area contributed by atoms with Crippen molar-refractivity contribution in [2.24, 2.45) is 0 Å². The highest BCUT2D eigenvalue weighted by molar-refractivity contribution is 7.13. The molecule has 3 aromatic rings. The van der Waals surface area contributed by atoms with Gasteiger partial charge in [0.1, 0.15) is 5.01 Å². The van der Waals surface area contributed by atoms with Crippen LogP contribution in [0.2, 0.25) is 5.02 Å². The molecule has 2 aromatic carbocycles. The van der Waals surface area contributed by atoms with E-state index in [1.54, 1.807) is 24.3 Å². The van der Waals surface area contributed by atoms with Crippen molar-refractivity contribution in [3.63, 3.8) is 0 Å². The molecule has 3 N–H and O–H groups in total. The second-order valence-corrected chi connectivity index (χ2v) is 6.90. The van der Waals surface area contributed by atoms with E-state index in [-0.39, 0.29) is 18.4 Å². The van der Waals surface area contributed by atoms with Crippen molar-refractivity contribution in [1.82, 2.24) is 10.3 Å². The first kappa shape index (κ1) is 18.9. The number of thiazole rings is 1. The lowest BCUT2D eigenvalue weighted by molar-refractivity contribution is -0.115. The number of hydrogen-bond acceptors (Lipinski definition) is 4. The topological polar surface area (TPSA) is 83.1 Å². The fourth-order valence-electron chi connectivity index (χ4n) is 2.38. The normalized spacial score (nSPS) is 10.3. The molecule has 0 radical (unpaired) electrons. The van der Waals surface area contributed by atoms with Crippen molar-refractivity contribution in [2.45, 2.75) is 6.42 Å². The predicted molar refractivity (Wildman–Crippen MR) is 109 cm³/mol. The van der Waals surface area contributed by atoms with Gasteiger partial charge in [-0.1, -0.05) is 35.9 Å². The maximum absolute atomic E-state index is 12.3. The second-order valence-electron chi connectivity index (χ2n) is 5.63. The molecule has 0 unspecified atom stereocenters. The van der Waals surface area contributed by atoms with Crippen molar-refractivity contribution in [3.8, 4) is 10.6 Å². The number of aromatic nitrogens is 1. The number of nitrogens with one attached hydrogen (secondary N) is 3. The molecule has 3 rings (SSSR count). The lowest BCUT2D eigenvalue weighted by Gasteiger charge is -2.08. The lowest BCUT2D eigenvalue weighted by Crippen LogP contribution is -2.24. The van der Waals surface area contributed by atoms with E-state index in [9.17, 15) is 9.59 Å². The van der Waals surface area contributed by atoms with Gasteiger partial charge in [-0.25, -0.2) is 9.78 Å². The first-order valence-electron chi connectivity index (χ1n) is 8.13. The number of benzene rings is 2. The number of halogens is 1. The van der Waals surface area contributed by atoms with E-state index in [1.807, 2.05) is 29.6 Å². The van der Waals surface area contributed by atoms with Gasteiger partial charge in [0, 0.05) is 29.4 Å². The molecule has 6 nitrogen and oxygen atoms in total. The van der Waals surface area contributed by atoms with E-state index in [2.05, 4.69) is 20.9 Å². The van der Waals surface area contributed by atoms with Crippen LogP contribution in [0.4, 0.5) is 16.2 Å². The highest BCUT2D eigenvalue weighted by Crippen LogP contribution is 2.30. The molecule has 0 atom stereocenters. The van der Waals surface area contributed by atoms with Crippen LogP contribution in [0.15, 0.2) is 53.9 Å². The SMILES string of the molecule is CNC(=O)Nc1cccc(NC(=O)Cc2csc(-c3ccccc3Cl)n2)c1. The standard InChI is InChI=1S/C19H17ClN4O2S/c1-21-19(26)24-13-6-4-5-12(9-13)22-17(25)10-14-11-27-18(23-14)15-7-2-3-8-16(15)20/h2-9,11H,10H2,1H3,(H,22,25)(H2,21,24,26). The van der Waals surface area contributed by atoms with Gasteiger partial charge >= 0.3 is 6.03 Å². The molecular weight excluding hydrogens is 384 g/mol. The Morgan fingerprint density at radius 3 is 2.56 bits per heavy atom. The van der Waals surface area contributed by atoms with Crippen LogP contribution in [-0.4, -0.2) is 24.0 Å².